The fourth-order valence-electron chi connectivity index (χ4n) is 3.38. The van der Waals surface area contributed by atoms with Crippen LogP contribution in [0.2, 0.25) is 0 Å². The molecule has 2 nitrogen and oxygen atoms in total. The van der Waals surface area contributed by atoms with Crippen LogP contribution in [0, 0.1) is 0 Å². The van der Waals surface area contributed by atoms with Gasteiger partial charge >= 0.3 is 12.1 Å². The first-order valence-electron chi connectivity index (χ1n) is 9.78. The average molecular weight is 412 g/mol. The van der Waals surface area contributed by atoms with E-state index >= 15 is 0 Å². The van der Waals surface area contributed by atoms with Gasteiger partial charge in [0.2, 0.25) is 0 Å². The summed E-state index contributed by atoms with van der Waals surface area (Å²) in [5.41, 5.74) is 4.66. The molecule has 0 unspecified atom stereocenters. The molecule has 0 aliphatic heterocycles. The van der Waals surface area contributed by atoms with Crippen LogP contribution in [-0.2, 0) is 17.4 Å². The quantitative estimate of drug-likeness (QED) is 0.466. The minimum atomic E-state index is -4.38. The van der Waals surface area contributed by atoms with E-state index in [2.05, 4.69) is 13.8 Å². The lowest BCUT2D eigenvalue weighted by molar-refractivity contribution is -0.138. The molecule has 0 bridgehead atoms. The number of benzene rings is 3. The number of aryl methyl sites for hydroxylation is 1. The predicted octanol–water partition coefficient (Wildman–Crippen LogP) is 7.18. The second-order valence-corrected chi connectivity index (χ2v) is 7.63. The van der Waals surface area contributed by atoms with Crippen molar-refractivity contribution in [3.8, 4) is 22.3 Å². The van der Waals surface area contributed by atoms with E-state index in [0.29, 0.717) is 17.9 Å². The van der Waals surface area contributed by atoms with Gasteiger partial charge in [-0.2, -0.15) is 13.2 Å². The second-order valence-electron chi connectivity index (χ2n) is 7.63. The van der Waals surface area contributed by atoms with Gasteiger partial charge in [0.25, 0.3) is 0 Å². The molecule has 5 heteroatoms. The van der Waals surface area contributed by atoms with Crippen LogP contribution in [0.4, 0.5) is 13.2 Å². The van der Waals surface area contributed by atoms with Crippen LogP contribution in [-0.4, -0.2) is 11.1 Å². The maximum absolute atomic E-state index is 12.9. The van der Waals surface area contributed by atoms with E-state index in [9.17, 15) is 18.0 Å². The van der Waals surface area contributed by atoms with Crippen LogP contribution in [0.1, 0.15) is 42.9 Å². The van der Waals surface area contributed by atoms with Crippen LogP contribution < -0.4 is 0 Å². The van der Waals surface area contributed by atoms with Crippen LogP contribution in [0.15, 0.2) is 66.7 Å². The van der Waals surface area contributed by atoms with Crippen LogP contribution in [0.5, 0.6) is 0 Å². The molecule has 0 saturated heterocycles. The van der Waals surface area contributed by atoms with Crippen LogP contribution in [0.25, 0.3) is 22.3 Å². The lowest BCUT2D eigenvalue weighted by Gasteiger charge is -2.15. The fourth-order valence-corrected chi connectivity index (χ4v) is 3.38. The average Bonchev–Trinajstić information content (AvgIpc) is 2.71. The number of alkyl halides is 3. The smallest absolute Gasteiger partial charge is 0.416 e. The lowest BCUT2D eigenvalue weighted by atomic mass is 9.90. The maximum Gasteiger partial charge on any atom is 0.416 e. The summed E-state index contributed by atoms with van der Waals surface area (Å²) < 4.78 is 38.8. The highest BCUT2D eigenvalue weighted by Crippen LogP contribution is 2.36. The predicted molar refractivity (Wildman–Crippen MR) is 112 cm³/mol. The molecule has 3 rings (SSSR count). The molecule has 0 aromatic heterocycles. The van der Waals surface area contributed by atoms with E-state index in [1.807, 2.05) is 42.5 Å². The molecule has 30 heavy (non-hydrogen) atoms. The first kappa shape index (κ1) is 21.6. The Labute approximate surface area is 174 Å². The molecule has 0 spiro atoms. The Kier molecular flexibility index (Phi) is 6.30. The fraction of sp³-hybridized carbons (Fsp3) is 0.240. The van der Waals surface area contributed by atoms with Crippen molar-refractivity contribution in [2.45, 2.75) is 38.8 Å². The van der Waals surface area contributed by atoms with Gasteiger partial charge in [-0.05, 0) is 57.9 Å². The highest BCUT2D eigenvalue weighted by molar-refractivity contribution is 5.84. The van der Waals surface area contributed by atoms with Gasteiger partial charge in [-0.25, -0.2) is 0 Å². The van der Waals surface area contributed by atoms with Gasteiger partial charge in [0.15, 0.2) is 0 Å². The monoisotopic (exact) mass is 412 g/mol. The summed E-state index contributed by atoms with van der Waals surface area (Å²) in [4.78, 5) is 10.9. The Morgan fingerprint density at radius 1 is 0.867 bits per heavy atom. The van der Waals surface area contributed by atoms with Crippen molar-refractivity contribution in [2.75, 3.05) is 0 Å². The van der Waals surface area contributed by atoms with Gasteiger partial charge in [0.05, 0.1) is 5.56 Å². The lowest BCUT2D eigenvalue weighted by Crippen LogP contribution is -2.04. The summed E-state index contributed by atoms with van der Waals surface area (Å²) >= 11 is 0. The molecular weight excluding hydrogens is 389 g/mol. The minimum absolute atomic E-state index is 0.0192. The van der Waals surface area contributed by atoms with E-state index < -0.39 is 17.7 Å². The third-order valence-corrected chi connectivity index (χ3v) is 5.12. The molecule has 0 radical (unpaired) electrons. The van der Waals surface area contributed by atoms with Gasteiger partial charge in [-0.1, -0.05) is 68.4 Å². The number of hydrogen-bond donors (Lipinski definition) is 1. The van der Waals surface area contributed by atoms with Crippen molar-refractivity contribution in [3.05, 3.63) is 83.4 Å². The highest BCUT2D eigenvalue weighted by Gasteiger charge is 2.30. The van der Waals surface area contributed by atoms with Crippen LogP contribution >= 0.6 is 0 Å². The normalized spacial score (nSPS) is 11.7. The molecule has 0 aliphatic rings. The van der Waals surface area contributed by atoms with Gasteiger partial charge in [-0.15, -0.1) is 0 Å². The van der Waals surface area contributed by atoms with E-state index in [0.717, 1.165) is 34.4 Å². The number of hydrogen-bond acceptors (Lipinski definition) is 1. The van der Waals surface area contributed by atoms with Crippen molar-refractivity contribution in [1.29, 1.82) is 0 Å². The molecule has 0 atom stereocenters. The zero-order valence-electron chi connectivity index (χ0n) is 16.8. The zero-order valence-corrected chi connectivity index (χ0v) is 16.8. The third kappa shape index (κ3) is 5.09. The van der Waals surface area contributed by atoms with E-state index in [4.69, 9.17) is 5.11 Å². The second kappa shape index (κ2) is 8.74. The molecule has 1 N–H and O–H groups in total. The van der Waals surface area contributed by atoms with Crippen LogP contribution in [0.3, 0.4) is 0 Å². The van der Waals surface area contributed by atoms with Gasteiger partial charge < -0.3 is 5.11 Å². The van der Waals surface area contributed by atoms with Gasteiger partial charge in [-0.3, -0.25) is 4.79 Å². The summed E-state index contributed by atoms with van der Waals surface area (Å²) in [6.45, 7) is 4.21. The molecule has 0 amide bonds. The molecule has 156 valence electrons. The zero-order chi connectivity index (χ0) is 21.9. The van der Waals surface area contributed by atoms with E-state index in [1.54, 1.807) is 0 Å². The molecule has 0 heterocycles. The highest BCUT2D eigenvalue weighted by atomic mass is 19.4. The minimum Gasteiger partial charge on any atom is -0.481 e. The number of carboxylic acids is 1. The Morgan fingerprint density at radius 2 is 1.43 bits per heavy atom. The molecule has 0 aliphatic carbocycles. The Morgan fingerprint density at radius 3 is 1.97 bits per heavy atom. The first-order valence-corrected chi connectivity index (χ1v) is 9.78. The Balaban J connectivity index is 2.06. The first-order chi connectivity index (χ1) is 14.1. The van der Waals surface area contributed by atoms with Crippen molar-refractivity contribution in [3.63, 3.8) is 0 Å². The number of carboxylic acid groups (broad SMARTS) is 1. The summed E-state index contributed by atoms with van der Waals surface area (Å²) in [5.74, 6) is -0.486. The largest absolute Gasteiger partial charge is 0.481 e. The topological polar surface area (TPSA) is 37.3 Å². The Hall–Kier alpha value is -3.08. The number of carbonyl (C=O) groups is 1. The molecule has 0 saturated carbocycles. The maximum atomic E-state index is 12.9. The standard InChI is InChI=1S/C25H23F3O2/c1-16(2)18-5-7-20(8-6-18)23-15-17(4-14-24(29)30)3-13-22(23)19-9-11-21(12-10-19)25(26,27)28/h3,5-13,15-16H,4,14H2,1-2H3,(H,29,30). The number of halogens is 3. The summed E-state index contributed by atoms with van der Waals surface area (Å²) in [6, 6.07) is 18.8. The summed E-state index contributed by atoms with van der Waals surface area (Å²) in [6.07, 6.45) is -3.97. The Bertz CT molecular complexity index is 1020. The van der Waals surface area contributed by atoms with E-state index in [-0.39, 0.29) is 6.42 Å². The van der Waals surface area contributed by atoms with Gasteiger partial charge in [0, 0.05) is 6.42 Å². The van der Waals surface area contributed by atoms with Crippen molar-refractivity contribution >= 4 is 5.97 Å². The van der Waals surface area contributed by atoms with Crippen molar-refractivity contribution < 1.29 is 23.1 Å². The third-order valence-electron chi connectivity index (χ3n) is 5.12. The SMILES string of the molecule is CC(C)c1ccc(-c2cc(CCC(=O)O)ccc2-c2ccc(C(F)(F)F)cc2)cc1. The molecule has 3 aromatic carbocycles. The summed E-state index contributed by atoms with van der Waals surface area (Å²) in [7, 11) is 0. The van der Waals surface area contributed by atoms with Gasteiger partial charge in [0.1, 0.15) is 0 Å². The van der Waals surface area contributed by atoms with E-state index in [1.165, 1.54) is 17.7 Å². The molecule has 3 aromatic rings. The van der Waals surface area contributed by atoms with Crippen molar-refractivity contribution in [1.82, 2.24) is 0 Å². The molecular formula is C25H23F3O2. The number of rotatable bonds is 6. The van der Waals surface area contributed by atoms with Crippen molar-refractivity contribution in [2.24, 2.45) is 0 Å². The molecule has 0 fully saturated rings. The number of aliphatic carboxylic acids is 1. The summed E-state index contributed by atoms with van der Waals surface area (Å²) in [5, 5.41) is 8.98.